The Morgan fingerprint density at radius 3 is 1.25 bits per heavy atom. The van der Waals surface area contributed by atoms with Gasteiger partial charge in [0.25, 0.3) is 0 Å². The number of nitrogens with zero attached hydrogens (tertiary/aromatic N) is 6. The summed E-state index contributed by atoms with van der Waals surface area (Å²) in [6.07, 6.45) is 3.37. The second-order valence-corrected chi connectivity index (χ2v) is 15.7. The molecule has 0 saturated heterocycles. The minimum absolute atomic E-state index is 0. The van der Waals surface area contributed by atoms with E-state index in [4.69, 9.17) is 9.47 Å². The van der Waals surface area contributed by atoms with Gasteiger partial charge in [-0.3, -0.25) is 0 Å². The maximum Gasteiger partial charge on any atom is 0.0326 e. The van der Waals surface area contributed by atoms with E-state index in [2.05, 4.69) is 145 Å². The first kappa shape index (κ1) is 41.0. The molecule has 10 heteroatoms. The fourth-order valence-electron chi connectivity index (χ4n) is 6.54. The van der Waals surface area contributed by atoms with Crippen molar-refractivity contribution in [3.63, 3.8) is 0 Å². The van der Waals surface area contributed by atoms with Crippen LogP contribution >= 0.6 is 0 Å². The van der Waals surface area contributed by atoms with Crippen LogP contribution in [0.4, 0.5) is 34.1 Å². The standard InChI is InChI=1S/C46H42N6O2.2Pt/c1-45(2,3)31-21-33(51-29-49(7)41-13-9-11-15-43(41)51)25-37(23-31)53-35-17-19-47-39(27-35)40-28-36(18-20-48-40)54-38-24-32(46(4,5)6)22-34(26-38)52-30-50(8)42-14-10-12-16-44(42)52;;/h9-24,29-30H,1-8H3;;/q-6;;. The van der Waals surface area contributed by atoms with E-state index in [0.717, 1.165) is 45.3 Å². The zero-order valence-corrected chi connectivity index (χ0v) is 37.1. The number of pyridine rings is 2. The Kier molecular flexibility index (Phi) is 11.8. The van der Waals surface area contributed by atoms with Crippen LogP contribution < -0.4 is 29.1 Å². The summed E-state index contributed by atoms with van der Waals surface area (Å²) in [7, 11) is 4.10. The first-order valence-corrected chi connectivity index (χ1v) is 18.0. The van der Waals surface area contributed by atoms with Crippen molar-refractivity contribution in [2.75, 3.05) is 33.7 Å². The van der Waals surface area contributed by atoms with Crippen LogP contribution in [0.3, 0.4) is 0 Å². The van der Waals surface area contributed by atoms with E-state index in [1.807, 2.05) is 50.5 Å². The van der Waals surface area contributed by atoms with Crippen molar-refractivity contribution in [1.82, 2.24) is 9.97 Å². The van der Waals surface area contributed by atoms with Gasteiger partial charge in [-0.25, -0.2) is 0 Å². The third-order valence-corrected chi connectivity index (χ3v) is 9.54. The minimum atomic E-state index is -0.127. The Labute approximate surface area is 360 Å². The maximum absolute atomic E-state index is 6.46. The van der Waals surface area contributed by atoms with Gasteiger partial charge in [-0.1, -0.05) is 65.8 Å². The van der Waals surface area contributed by atoms with Gasteiger partial charge in [0, 0.05) is 87.9 Å². The Morgan fingerprint density at radius 1 is 0.500 bits per heavy atom. The topological polar surface area (TPSA) is 57.2 Å². The molecule has 0 N–H and O–H groups in total. The average molecular weight is 1100 g/mol. The van der Waals surface area contributed by atoms with E-state index in [9.17, 15) is 0 Å². The Bertz CT molecular complexity index is 2190. The van der Waals surface area contributed by atoms with Gasteiger partial charge in [-0.15, -0.1) is 82.4 Å². The molecule has 0 amide bonds. The summed E-state index contributed by atoms with van der Waals surface area (Å²) in [6, 6.07) is 42.2. The number of rotatable bonds is 7. The number of aromatic nitrogens is 2. The predicted octanol–water partition coefficient (Wildman–Crippen LogP) is 10.9. The molecule has 2 aliphatic heterocycles. The molecule has 0 fully saturated rings. The fraction of sp³-hybridized carbons (Fsp3) is 0.217. The molecule has 0 bridgehead atoms. The van der Waals surface area contributed by atoms with Crippen LogP contribution in [-0.2, 0) is 53.0 Å². The Balaban J connectivity index is 0.00000266. The first-order valence-electron chi connectivity index (χ1n) is 18.0. The number of ether oxygens (including phenoxy) is 2. The van der Waals surface area contributed by atoms with Crippen molar-refractivity contribution in [1.29, 1.82) is 0 Å². The molecule has 8 nitrogen and oxygen atoms in total. The number of anilines is 6. The van der Waals surface area contributed by atoms with Crippen LogP contribution in [0.2, 0.25) is 0 Å². The van der Waals surface area contributed by atoms with Gasteiger partial charge >= 0.3 is 0 Å². The molecule has 6 aromatic rings. The smallest absolute Gasteiger partial charge is 0.0326 e. The molecule has 0 atom stereocenters. The van der Waals surface area contributed by atoms with Crippen molar-refractivity contribution in [3.05, 3.63) is 146 Å². The van der Waals surface area contributed by atoms with Crippen LogP contribution in [0, 0.1) is 37.6 Å². The van der Waals surface area contributed by atoms with Gasteiger partial charge < -0.3 is 39.0 Å². The monoisotopic (exact) mass is 1100 g/mol. The van der Waals surface area contributed by atoms with Gasteiger partial charge in [0.05, 0.1) is 0 Å². The molecule has 2 aromatic heterocycles. The van der Waals surface area contributed by atoms with Gasteiger partial charge in [0.15, 0.2) is 0 Å². The normalized spacial score (nSPS) is 13.5. The average Bonchev–Trinajstić information content (AvgIpc) is 3.67. The Hall–Kier alpha value is -4.64. The van der Waals surface area contributed by atoms with Crippen LogP contribution in [0.5, 0.6) is 23.0 Å². The van der Waals surface area contributed by atoms with E-state index in [1.165, 1.54) is 0 Å². The molecular weight excluding hydrogens is 1060 g/mol. The molecule has 8 rings (SSSR count). The Morgan fingerprint density at radius 2 is 0.875 bits per heavy atom. The van der Waals surface area contributed by atoms with Crippen molar-refractivity contribution in [2.24, 2.45) is 0 Å². The van der Waals surface area contributed by atoms with E-state index in [0.29, 0.717) is 34.4 Å². The molecule has 0 saturated carbocycles. The molecule has 0 aliphatic carbocycles. The number of fused-ring (bicyclic) bond motifs is 2. The summed E-state index contributed by atoms with van der Waals surface area (Å²) < 4.78 is 12.9. The third kappa shape index (κ3) is 8.38. The zero-order chi connectivity index (χ0) is 37.8. The molecule has 4 aromatic carbocycles. The van der Waals surface area contributed by atoms with Crippen LogP contribution in [-0.4, -0.2) is 24.1 Å². The van der Waals surface area contributed by atoms with Gasteiger partial charge in [0.1, 0.15) is 0 Å². The summed E-state index contributed by atoms with van der Waals surface area (Å²) in [4.78, 5) is 17.7. The van der Waals surface area contributed by atoms with Gasteiger partial charge in [-0.2, -0.15) is 25.5 Å². The number of hydrogen-bond donors (Lipinski definition) is 0. The maximum atomic E-state index is 6.46. The minimum Gasteiger partial charge on any atom is -0.510 e. The van der Waals surface area contributed by atoms with E-state index >= 15 is 0 Å². The molecule has 4 heterocycles. The van der Waals surface area contributed by atoms with Crippen LogP contribution in [0.25, 0.3) is 11.4 Å². The number of hydrogen-bond acceptors (Lipinski definition) is 8. The number of benzene rings is 4. The van der Waals surface area contributed by atoms with Crippen molar-refractivity contribution in [3.8, 4) is 34.4 Å². The molecule has 294 valence electrons. The molecular formula is C46H42N6O2Pt2-6. The summed E-state index contributed by atoms with van der Waals surface area (Å²) in [5.41, 5.74) is 9.14. The largest absolute Gasteiger partial charge is 0.510 e. The number of para-hydroxylation sites is 4. The molecule has 0 spiro atoms. The second kappa shape index (κ2) is 16.1. The van der Waals surface area contributed by atoms with Gasteiger partial charge in [0.2, 0.25) is 0 Å². The zero-order valence-electron chi connectivity index (χ0n) is 32.5. The molecule has 56 heavy (non-hydrogen) atoms. The van der Waals surface area contributed by atoms with Crippen molar-refractivity contribution in [2.45, 2.75) is 52.4 Å². The van der Waals surface area contributed by atoms with Crippen LogP contribution in [0.1, 0.15) is 52.7 Å². The van der Waals surface area contributed by atoms with Gasteiger partial charge in [-0.05, 0) is 61.6 Å². The summed E-state index contributed by atoms with van der Waals surface area (Å²) in [6.45, 7) is 17.3. The van der Waals surface area contributed by atoms with Crippen LogP contribution in [0.15, 0.2) is 97.3 Å². The van der Waals surface area contributed by atoms with Crippen molar-refractivity contribution >= 4 is 34.1 Å². The molecule has 0 radical (unpaired) electrons. The second-order valence-electron chi connectivity index (χ2n) is 15.7. The fourth-order valence-corrected chi connectivity index (χ4v) is 6.54. The first-order chi connectivity index (χ1) is 25.8. The molecule has 2 aliphatic rings. The predicted molar refractivity (Wildman–Crippen MR) is 216 cm³/mol. The van der Waals surface area contributed by atoms with E-state index < -0.39 is 0 Å². The summed E-state index contributed by atoms with van der Waals surface area (Å²) in [5, 5.41) is 0. The SMILES string of the molecule is CN1[CH-]N(c2[c-]c(Oc3[c-]c(-c4[c-]c(Oc5[c-]c(N6[CH-]N(C)c7ccccc76)cc(C(C)(C)C)c5)ccn4)ncc3)cc(C(C)(C)C)c2)c2ccccc21.[Pt].[Pt]. The van der Waals surface area contributed by atoms with E-state index in [-0.39, 0.29) is 53.0 Å². The van der Waals surface area contributed by atoms with Crippen molar-refractivity contribution < 1.29 is 51.6 Å². The van der Waals surface area contributed by atoms with E-state index in [1.54, 1.807) is 24.5 Å². The quantitative estimate of drug-likeness (QED) is 0.147. The molecule has 0 unspecified atom stereocenters. The summed E-state index contributed by atoms with van der Waals surface area (Å²) in [5.74, 6) is 2.13. The summed E-state index contributed by atoms with van der Waals surface area (Å²) >= 11 is 0. The third-order valence-electron chi connectivity index (χ3n) is 9.54.